The van der Waals surface area contributed by atoms with Crippen LogP contribution in [0.5, 0.6) is 0 Å². The maximum atomic E-state index is 12.4. The van der Waals surface area contributed by atoms with Gasteiger partial charge in [-0.3, -0.25) is 9.48 Å². The third kappa shape index (κ3) is 2.57. The van der Waals surface area contributed by atoms with Gasteiger partial charge in [-0.1, -0.05) is 0 Å². The number of carbonyl (C=O) groups is 1. The van der Waals surface area contributed by atoms with Gasteiger partial charge in [0, 0.05) is 37.4 Å². The summed E-state index contributed by atoms with van der Waals surface area (Å²) in [6.45, 7) is 1.03. The average Bonchev–Trinajstić information content (AvgIpc) is 3.22. The van der Waals surface area contributed by atoms with E-state index in [1.54, 1.807) is 15.2 Å². The van der Waals surface area contributed by atoms with Crippen molar-refractivity contribution in [1.29, 1.82) is 0 Å². The minimum absolute atomic E-state index is 0.0384. The zero-order chi connectivity index (χ0) is 16.2. The molecule has 2 saturated heterocycles. The van der Waals surface area contributed by atoms with E-state index in [1.165, 1.54) is 0 Å². The summed E-state index contributed by atoms with van der Waals surface area (Å²) in [6.07, 6.45) is 7.34. The molecule has 3 heterocycles. The topological polar surface area (TPSA) is 84.3 Å². The summed E-state index contributed by atoms with van der Waals surface area (Å²) in [5.74, 6) is -0.133. The van der Waals surface area contributed by atoms with Gasteiger partial charge in [-0.15, -0.1) is 0 Å². The van der Waals surface area contributed by atoms with Gasteiger partial charge in [-0.2, -0.15) is 5.10 Å². The smallest absolute Gasteiger partial charge is 0.228 e. The van der Waals surface area contributed by atoms with E-state index in [0.717, 1.165) is 24.8 Å². The van der Waals surface area contributed by atoms with E-state index in [2.05, 4.69) is 10.4 Å². The second-order valence-electron chi connectivity index (χ2n) is 7.12. The van der Waals surface area contributed by atoms with Crippen LogP contribution in [0.1, 0.15) is 43.6 Å². The molecule has 1 aliphatic carbocycles. The van der Waals surface area contributed by atoms with Crippen LogP contribution in [0.3, 0.4) is 0 Å². The number of nitrogens with one attached hydrogen (secondary N) is 1. The molecular weight excluding hydrogens is 316 g/mol. The number of aromatic nitrogens is 2. The van der Waals surface area contributed by atoms with E-state index in [0.29, 0.717) is 25.9 Å². The fourth-order valence-electron chi connectivity index (χ4n) is 3.85. The van der Waals surface area contributed by atoms with E-state index in [1.807, 2.05) is 13.2 Å². The first-order valence-corrected chi connectivity index (χ1v) is 9.70. The Bertz CT molecular complexity index is 730. The fraction of sp³-hybridized carbons (Fsp3) is 0.733. The van der Waals surface area contributed by atoms with Gasteiger partial charge in [0.05, 0.1) is 17.4 Å². The minimum atomic E-state index is -3.10. The quantitative estimate of drug-likeness (QED) is 0.862. The normalized spacial score (nSPS) is 28.2. The Morgan fingerprint density at radius 1 is 1.30 bits per heavy atom. The monoisotopic (exact) mass is 338 g/mol. The highest BCUT2D eigenvalue weighted by molar-refractivity contribution is 7.90. The SMILES string of the molecule is Cn1cc(C2CC3(CCN(S(=O)(=O)C4CC4)CC3)NC2=O)cn1. The minimum Gasteiger partial charge on any atom is -0.350 e. The fourth-order valence-corrected chi connectivity index (χ4v) is 5.69. The predicted molar refractivity (Wildman–Crippen MR) is 84.2 cm³/mol. The van der Waals surface area contributed by atoms with Crippen LogP contribution in [0, 0.1) is 0 Å². The summed E-state index contributed by atoms with van der Waals surface area (Å²) in [5.41, 5.74) is 0.683. The van der Waals surface area contributed by atoms with Crippen molar-refractivity contribution < 1.29 is 13.2 Å². The molecule has 126 valence electrons. The number of hydrogen-bond donors (Lipinski definition) is 1. The Kier molecular flexibility index (Phi) is 3.32. The molecule has 1 spiro atoms. The number of nitrogens with zero attached hydrogens (tertiary/aromatic N) is 3. The number of sulfonamides is 1. The molecule has 0 bridgehead atoms. The van der Waals surface area contributed by atoms with Crippen molar-refractivity contribution >= 4 is 15.9 Å². The molecule has 3 aliphatic rings. The maximum Gasteiger partial charge on any atom is 0.228 e. The standard InChI is InChI=1S/C15H22N4O3S/c1-18-10-11(9-16-18)13-8-15(17-14(13)20)4-6-19(7-5-15)23(21,22)12-2-3-12/h9-10,12-13H,2-8H2,1H3,(H,17,20). The van der Waals surface area contributed by atoms with Crippen LogP contribution in [-0.2, 0) is 21.9 Å². The van der Waals surface area contributed by atoms with E-state index in [9.17, 15) is 13.2 Å². The molecule has 1 saturated carbocycles. The van der Waals surface area contributed by atoms with Crippen molar-refractivity contribution in [1.82, 2.24) is 19.4 Å². The van der Waals surface area contributed by atoms with Gasteiger partial charge in [-0.25, -0.2) is 12.7 Å². The van der Waals surface area contributed by atoms with Crippen LogP contribution < -0.4 is 5.32 Å². The van der Waals surface area contributed by atoms with Crippen LogP contribution in [0.2, 0.25) is 0 Å². The maximum absolute atomic E-state index is 12.4. The molecule has 0 aromatic carbocycles. The number of carbonyl (C=O) groups excluding carboxylic acids is 1. The van der Waals surface area contributed by atoms with Crippen LogP contribution in [0.25, 0.3) is 0 Å². The average molecular weight is 338 g/mol. The molecule has 0 radical (unpaired) electrons. The van der Waals surface area contributed by atoms with Gasteiger partial charge in [0.25, 0.3) is 0 Å². The van der Waals surface area contributed by atoms with Gasteiger partial charge >= 0.3 is 0 Å². The summed E-state index contributed by atoms with van der Waals surface area (Å²) < 4.78 is 28.0. The molecule has 2 aliphatic heterocycles. The molecule has 1 unspecified atom stereocenters. The highest BCUT2D eigenvalue weighted by Gasteiger charge is 2.49. The number of rotatable bonds is 3. The van der Waals surface area contributed by atoms with Gasteiger partial charge in [0.15, 0.2) is 0 Å². The first kappa shape index (κ1) is 15.1. The molecule has 4 rings (SSSR count). The number of hydrogen-bond acceptors (Lipinski definition) is 4. The molecule has 1 amide bonds. The molecule has 1 N–H and O–H groups in total. The summed E-state index contributed by atoms with van der Waals surface area (Å²) in [6, 6.07) is 0. The van der Waals surface area contributed by atoms with Crippen LogP contribution in [0.4, 0.5) is 0 Å². The lowest BCUT2D eigenvalue weighted by atomic mass is 9.83. The largest absolute Gasteiger partial charge is 0.350 e. The summed E-state index contributed by atoms with van der Waals surface area (Å²) in [4.78, 5) is 12.4. The third-order valence-electron chi connectivity index (χ3n) is 5.41. The zero-order valence-corrected chi connectivity index (χ0v) is 14.1. The lowest BCUT2D eigenvalue weighted by molar-refractivity contribution is -0.121. The molecule has 1 atom stereocenters. The van der Waals surface area contributed by atoms with Gasteiger partial charge in [0.1, 0.15) is 0 Å². The third-order valence-corrected chi connectivity index (χ3v) is 7.81. The Hall–Kier alpha value is -1.41. The number of aryl methyl sites for hydroxylation is 1. The van der Waals surface area contributed by atoms with Crippen molar-refractivity contribution in [3.05, 3.63) is 18.0 Å². The lowest BCUT2D eigenvalue weighted by Crippen LogP contribution is -2.52. The highest BCUT2D eigenvalue weighted by atomic mass is 32.2. The highest BCUT2D eigenvalue weighted by Crippen LogP contribution is 2.41. The number of piperidine rings is 1. The van der Waals surface area contributed by atoms with Crippen molar-refractivity contribution in [3.8, 4) is 0 Å². The zero-order valence-electron chi connectivity index (χ0n) is 13.2. The summed E-state index contributed by atoms with van der Waals surface area (Å²) in [5, 5.41) is 7.14. The molecule has 1 aromatic heterocycles. The van der Waals surface area contributed by atoms with Gasteiger partial charge in [0.2, 0.25) is 15.9 Å². The summed E-state index contributed by atoms with van der Waals surface area (Å²) >= 11 is 0. The Morgan fingerprint density at radius 2 is 2.00 bits per heavy atom. The van der Waals surface area contributed by atoms with E-state index < -0.39 is 10.0 Å². The first-order valence-electron chi connectivity index (χ1n) is 8.19. The molecule has 23 heavy (non-hydrogen) atoms. The Labute approximate surface area is 136 Å². The van der Waals surface area contributed by atoms with Crippen LogP contribution in [-0.4, -0.2) is 52.3 Å². The molecule has 1 aromatic rings. The van der Waals surface area contributed by atoms with Crippen molar-refractivity contribution in [3.63, 3.8) is 0 Å². The number of amides is 1. The van der Waals surface area contributed by atoms with Crippen molar-refractivity contribution in [2.24, 2.45) is 7.05 Å². The van der Waals surface area contributed by atoms with E-state index >= 15 is 0 Å². The van der Waals surface area contributed by atoms with E-state index in [-0.39, 0.29) is 22.6 Å². The van der Waals surface area contributed by atoms with Crippen LogP contribution >= 0.6 is 0 Å². The summed E-state index contributed by atoms with van der Waals surface area (Å²) in [7, 11) is -1.26. The van der Waals surface area contributed by atoms with Crippen LogP contribution in [0.15, 0.2) is 12.4 Å². The second-order valence-corrected chi connectivity index (χ2v) is 9.33. The lowest BCUT2D eigenvalue weighted by Gasteiger charge is -2.38. The van der Waals surface area contributed by atoms with E-state index in [4.69, 9.17) is 0 Å². The predicted octanol–water partition coefficient (Wildman–Crippen LogP) is 0.350. The molecule has 8 heteroatoms. The first-order chi connectivity index (χ1) is 10.9. The molecule has 3 fully saturated rings. The second kappa shape index (κ2) is 5.04. The van der Waals surface area contributed by atoms with Crippen molar-refractivity contribution in [2.75, 3.05) is 13.1 Å². The van der Waals surface area contributed by atoms with Gasteiger partial charge < -0.3 is 5.32 Å². The van der Waals surface area contributed by atoms with Crippen molar-refractivity contribution in [2.45, 2.75) is 48.8 Å². The molecular formula is C15H22N4O3S. The Morgan fingerprint density at radius 3 is 2.57 bits per heavy atom. The Balaban J connectivity index is 1.46. The molecule has 7 nitrogen and oxygen atoms in total. The van der Waals surface area contributed by atoms with Gasteiger partial charge in [-0.05, 0) is 32.1 Å².